The van der Waals surface area contributed by atoms with Crippen LogP contribution < -0.4 is 10.9 Å². The Balaban J connectivity index is 2.70. The van der Waals surface area contributed by atoms with Gasteiger partial charge >= 0.3 is 0 Å². The van der Waals surface area contributed by atoms with Gasteiger partial charge in [0, 0.05) is 26.4 Å². The maximum absolute atomic E-state index is 11.7. The molecule has 1 heterocycles. The third-order valence-corrected chi connectivity index (χ3v) is 2.21. The Labute approximate surface area is 98.6 Å². The highest BCUT2D eigenvalue weighted by atomic mass is 16.2. The second-order valence-electron chi connectivity index (χ2n) is 3.87. The van der Waals surface area contributed by atoms with E-state index < -0.39 is 11.9 Å². The van der Waals surface area contributed by atoms with E-state index in [-0.39, 0.29) is 11.5 Å². The summed E-state index contributed by atoms with van der Waals surface area (Å²) in [4.78, 5) is 37.8. The van der Waals surface area contributed by atoms with E-state index in [9.17, 15) is 14.4 Å². The predicted octanol–water partition coefficient (Wildman–Crippen LogP) is -0.419. The molecule has 0 spiro atoms. The van der Waals surface area contributed by atoms with Gasteiger partial charge in [0.05, 0.1) is 5.56 Å². The molecule has 2 amide bonds. The Morgan fingerprint density at radius 3 is 2.47 bits per heavy atom. The summed E-state index contributed by atoms with van der Waals surface area (Å²) in [5.41, 5.74) is 0.0296. The lowest BCUT2D eigenvalue weighted by Gasteiger charge is -2.17. The average molecular weight is 237 g/mol. The monoisotopic (exact) mass is 237 g/mol. The van der Waals surface area contributed by atoms with Crippen LogP contribution in [0.4, 0.5) is 0 Å². The summed E-state index contributed by atoms with van der Waals surface area (Å²) in [5.74, 6) is -0.591. The molecule has 1 rings (SSSR count). The zero-order chi connectivity index (χ0) is 13.0. The van der Waals surface area contributed by atoms with E-state index in [1.807, 2.05) is 0 Å². The van der Waals surface area contributed by atoms with Gasteiger partial charge in [-0.3, -0.25) is 14.4 Å². The first-order valence-corrected chi connectivity index (χ1v) is 5.12. The Kier molecular flexibility index (Phi) is 4.03. The molecule has 0 aliphatic rings. The van der Waals surface area contributed by atoms with Crippen LogP contribution in [0.15, 0.2) is 23.1 Å². The first kappa shape index (κ1) is 13.0. The van der Waals surface area contributed by atoms with Crippen LogP contribution in [-0.4, -0.2) is 41.8 Å². The fraction of sp³-hybridized carbons (Fsp3) is 0.364. The molecule has 2 N–H and O–H groups in total. The number of carbonyl (C=O) groups excluding carboxylic acids is 2. The molecule has 92 valence electrons. The fourth-order valence-corrected chi connectivity index (χ4v) is 1.28. The van der Waals surface area contributed by atoms with Crippen LogP contribution in [0.3, 0.4) is 0 Å². The van der Waals surface area contributed by atoms with Gasteiger partial charge in [-0.15, -0.1) is 0 Å². The van der Waals surface area contributed by atoms with Crippen molar-refractivity contribution < 1.29 is 9.59 Å². The van der Waals surface area contributed by atoms with Crippen LogP contribution in [0, 0.1) is 0 Å². The van der Waals surface area contributed by atoms with Crippen LogP contribution in [0.25, 0.3) is 0 Å². The molecule has 0 radical (unpaired) electrons. The van der Waals surface area contributed by atoms with Crippen molar-refractivity contribution in [2.75, 3.05) is 14.1 Å². The fourth-order valence-electron chi connectivity index (χ4n) is 1.28. The van der Waals surface area contributed by atoms with Gasteiger partial charge in [-0.2, -0.15) is 0 Å². The van der Waals surface area contributed by atoms with Crippen molar-refractivity contribution >= 4 is 11.8 Å². The molecule has 0 fully saturated rings. The van der Waals surface area contributed by atoms with Crippen molar-refractivity contribution in [3.8, 4) is 0 Å². The minimum Gasteiger partial charge on any atom is -0.347 e. The molecule has 6 nitrogen and oxygen atoms in total. The Hall–Kier alpha value is -2.11. The molecule has 0 bridgehead atoms. The number of aromatic nitrogens is 1. The lowest BCUT2D eigenvalue weighted by atomic mass is 10.2. The first-order chi connectivity index (χ1) is 7.91. The van der Waals surface area contributed by atoms with E-state index in [0.29, 0.717) is 5.56 Å². The third-order valence-electron chi connectivity index (χ3n) is 2.21. The van der Waals surface area contributed by atoms with Gasteiger partial charge in [-0.1, -0.05) is 0 Å². The van der Waals surface area contributed by atoms with E-state index in [2.05, 4.69) is 10.3 Å². The Morgan fingerprint density at radius 2 is 2.00 bits per heavy atom. The van der Waals surface area contributed by atoms with E-state index in [1.165, 1.54) is 23.2 Å². The highest BCUT2D eigenvalue weighted by Crippen LogP contribution is 1.96. The minimum absolute atomic E-state index is 0.192. The number of nitrogens with one attached hydrogen (secondary N) is 2. The molecule has 1 aromatic rings. The highest BCUT2D eigenvalue weighted by molar-refractivity contribution is 5.97. The van der Waals surface area contributed by atoms with Gasteiger partial charge in [0.15, 0.2) is 0 Å². The molecule has 0 saturated heterocycles. The molecule has 0 aliphatic carbocycles. The van der Waals surface area contributed by atoms with Crippen LogP contribution in [0.5, 0.6) is 0 Å². The van der Waals surface area contributed by atoms with E-state index in [4.69, 9.17) is 0 Å². The van der Waals surface area contributed by atoms with E-state index >= 15 is 0 Å². The lowest BCUT2D eigenvalue weighted by Crippen LogP contribution is -2.44. The second-order valence-corrected chi connectivity index (χ2v) is 3.87. The number of aromatic amines is 1. The molecule has 17 heavy (non-hydrogen) atoms. The number of nitrogens with zero attached hydrogens (tertiary/aromatic N) is 1. The molecular weight excluding hydrogens is 222 g/mol. The molecule has 0 aliphatic heterocycles. The number of hydrogen-bond acceptors (Lipinski definition) is 3. The van der Waals surface area contributed by atoms with Crippen molar-refractivity contribution in [3.63, 3.8) is 0 Å². The Bertz CT molecular complexity index is 459. The minimum atomic E-state index is -0.607. The van der Waals surface area contributed by atoms with Gasteiger partial charge in [0.1, 0.15) is 6.04 Å². The molecular formula is C11H15N3O3. The molecule has 0 aromatic carbocycles. The number of rotatable bonds is 3. The topological polar surface area (TPSA) is 82.3 Å². The largest absolute Gasteiger partial charge is 0.347 e. The van der Waals surface area contributed by atoms with Crippen molar-refractivity contribution in [3.05, 3.63) is 34.2 Å². The molecule has 1 atom stereocenters. The maximum atomic E-state index is 11.7. The summed E-state index contributed by atoms with van der Waals surface area (Å²) in [6.45, 7) is 1.60. The molecule has 1 aromatic heterocycles. The molecule has 6 heteroatoms. The number of H-pyrrole nitrogens is 1. The maximum Gasteiger partial charge on any atom is 0.253 e. The van der Waals surface area contributed by atoms with Gasteiger partial charge < -0.3 is 15.2 Å². The van der Waals surface area contributed by atoms with Crippen LogP contribution >= 0.6 is 0 Å². The van der Waals surface area contributed by atoms with Gasteiger partial charge in [-0.25, -0.2) is 0 Å². The van der Waals surface area contributed by atoms with Crippen molar-refractivity contribution in [2.45, 2.75) is 13.0 Å². The van der Waals surface area contributed by atoms with Gasteiger partial charge in [0.25, 0.3) is 5.91 Å². The third kappa shape index (κ3) is 3.44. The van der Waals surface area contributed by atoms with Gasteiger partial charge in [-0.05, 0) is 13.0 Å². The Morgan fingerprint density at radius 1 is 1.35 bits per heavy atom. The number of likely N-dealkylation sites (N-methyl/N-ethyl adjacent to an activating group) is 1. The normalized spacial score (nSPS) is 11.7. The average Bonchev–Trinajstić information content (AvgIpc) is 2.28. The summed E-state index contributed by atoms with van der Waals surface area (Å²) in [7, 11) is 3.23. The smallest absolute Gasteiger partial charge is 0.253 e. The van der Waals surface area contributed by atoms with Crippen molar-refractivity contribution in [1.29, 1.82) is 0 Å². The quantitative estimate of drug-likeness (QED) is 0.749. The van der Waals surface area contributed by atoms with Crippen LogP contribution in [0.1, 0.15) is 17.3 Å². The lowest BCUT2D eigenvalue weighted by molar-refractivity contribution is -0.130. The van der Waals surface area contributed by atoms with Crippen LogP contribution in [-0.2, 0) is 4.79 Å². The van der Waals surface area contributed by atoms with Crippen molar-refractivity contribution in [2.24, 2.45) is 0 Å². The zero-order valence-electron chi connectivity index (χ0n) is 9.98. The summed E-state index contributed by atoms with van der Waals surface area (Å²) >= 11 is 0. The summed E-state index contributed by atoms with van der Waals surface area (Å²) < 4.78 is 0. The van der Waals surface area contributed by atoms with Gasteiger partial charge in [0.2, 0.25) is 11.5 Å². The standard InChI is InChI=1S/C11H15N3O3/c1-7(11(17)14(2)3)13-10(16)8-4-5-9(15)12-6-8/h4-7H,1-3H3,(H,12,15)(H,13,16). The zero-order valence-corrected chi connectivity index (χ0v) is 9.98. The number of carbonyl (C=O) groups is 2. The molecule has 1 unspecified atom stereocenters. The SMILES string of the molecule is CC(NC(=O)c1ccc(=O)[nH]c1)C(=O)N(C)C. The number of amides is 2. The summed E-state index contributed by atoms with van der Waals surface area (Å²) in [5, 5.41) is 2.54. The molecule has 0 saturated carbocycles. The number of hydrogen-bond donors (Lipinski definition) is 2. The summed E-state index contributed by atoms with van der Waals surface area (Å²) in [6.07, 6.45) is 1.31. The predicted molar refractivity (Wildman–Crippen MR) is 62.7 cm³/mol. The van der Waals surface area contributed by atoms with Crippen molar-refractivity contribution in [1.82, 2.24) is 15.2 Å². The van der Waals surface area contributed by atoms with Crippen LogP contribution in [0.2, 0.25) is 0 Å². The summed E-state index contributed by atoms with van der Waals surface area (Å²) in [6, 6.07) is 2.05. The van der Waals surface area contributed by atoms with E-state index in [0.717, 1.165) is 0 Å². The highest BCUT2D eigenvalue weighted by Gasteiger charge is 2.17. The van der Waals surface area contributed by atoms with E-state index in [1.54, 1.807) is 21.0 Å². The number of pyridine rings is 1. The first-order valence-electron chi connectivity index (χ1n) is 5.12. The second kappa shape index (κ2) is 5.29.